The Hall–Kier alpha value is -3.62. The van der Waals surface area contributed by atoms with Gasteiger partial charge in [0.1, 0.15) is 11.5 Å². The third-order valence-electron chi connectivity index (χ3n) is 5.25. The summed E-state index contributed by atoms with van der Waals surface area (Å²) in [5.74, 6) is 2.29. The molecule has 0 aromatic heterocycles. The average Bonchev–Trinajstić information content (AvgIpc) is 2.86. The van der Waals surface area contributed by atoms with Crippen LogP contribution in [0.5, 0.6) is 28.7 Å². The quantitative estimate of drug-likeness (QED) is 0.616. The number of methoxy groups -OCH3 is 4. The van der Waals surface area contributed by atoms with Crippen molar-refractivity contribution in [2.24, 2.45) is 0 Å². The van der Waals surface area contributed by atoms with Crippen LogP contribution in [-0.2, 0) is 4.79 Å². The number of hydrogen-bond donors (Lipinski definition) is 0. The van der Waals surface area contributed by atoms with Crippen LogP contribution in [0.3, 0.4) is 0 Å². The van der Waals surface area contributed by atoms with Gasteiger partial charge in [-0.25, -0.2) is 0 Å². The first-order valence-electron chi connectivity index (χ1n) is 10.1. The number of ether oxygens (including phenoxy) is 5. The Morgan fingerprint density at radius 1 is 0.750 bits per heavy atom. The number of benzene rings is 2. The molecular weight excluding hydrogens is 416 g/mol. The predicted octanol–water partition coefficient (Wildman–Crippen LogP) is 2.08. The summed E-state index contributed by atoms with van der Waals surface area (Å²) < 4.78 is 26.6. The minimum Gasteiger partial charge on any atom is -0.497 e. The highest BCUT2D eigenvalue weighted by Crippen LogP contribution is 2.38. The summed E-state index contributed by atoms with van der Waals surface area (Å²) in [6.45, 7) is 1.64. The van der Waals surface area contributed by atoms with E-state index in [0.29, 0.717) is 54.7 Å². The number of nitrogens with zero attached hydrogens (tertiary/aromatic N) is 2. The molecule has 0 N–H and O–H groups in total. The van der Waals surface area contributed by atoms with Crippen molar-refractivity contribution >= 4 is 11.8 Å². The van der Waals surface area contributed by atoms with E-state index in [1.165, 1.54) is 21.3 Å². The van der Waals surface area contributed by atoms with Crippen LogP contribution in [0.1, 0.15) is 10.4 Å². The van der Waals surface area contributed by atoms with Crippen LogP contribution < -0.4 is 23.7 Å². The SMILES string of the molecule is COc1ccc(OCC(=O)N2CCN(C(=O)c3cc(OC)c(OC)c(OC)c3)CC2)cc1. The Balaban J connectivity index is 1.56. The molecule has 0 atom stereocenters. The van der Waals surface area contributed by atoms with Gasteiger partial charge in [0.05, 0.1) is 28.4 Å². The molecular formula is C23H28N2O7. The summed E-state index contributed by atoms with van der Waals surface area (Å²) in [4.78, 5) is 28.9. The smallest absolute Gasteiger partial charge is 0.260 e. The minimum atomic E-state index is -0.161. The lowest BCUT2D eigenvalue weighted by Gasteiger charge is -2.34. The molecule has 3 rings (SSSR count). The largest absolute Gasteiger partial charge is 0.497 e. The molecule has 1 fully saturated rings. The minimum absolute atomic E-state index is 0.0623. The molecule has 0 unspecified atom stereocenters. The van der Waals surface area contributed by atoms with Crippen molar-refractivity contribution in [3.63, 3.8) is 0 Å². The standard InChI is InChI=1S/C23H28N2O7/c1-28-17-5-7-18(8-6-17)32-15-21(26)24-9-11-25(12-10-24)23(27)16-13-19(29-2)22(31-4)20(14-16)30-3/h5-8,13-14H,9-12,15H2,1-4H3. The Bertz CT molecular complexity index is 913. The number of carbonyl (C=O) groups is 2. The van der Waals surface area contributed by atoms with Crippen molar-refractivity contribution < 1.29 is 33.3 Å². The first kappa shape index (κ1) is 23.1. The molecule has 2 aromatic rings. The van der Waals surface area contributed by atoms with Crippen LogP contribution in [-0.4, -0.2) is 82.8 Å². The number of rotatable bonds is 8. The van der Waals surface area contributed by atoms with Crippen molar-refractivity contribution in [2.75, 3.05) is 61.2 Å². The zero-order valence-corrected chi connectivity index (χ0v) is 18.8. The first-order valence-corrected chi connectivity index (χ1v) is 10.1. The first-order chi connectivity index (χ1) is 15.5. The van der Waals surface area contributed by atoms with E-state index in [1.54, 1.807) is 53.3 Å². The van der Waals surface area contributed by atoms with Gasteiger partial charge in [-0.2, -0.15) is 0 Å². The van der Waals surface area contributed by atoms with Gasteiger partial charge in [-0.15, -0.1) is 0 Å². The maximum absolute atomic E-state index is 13.0. The van der Waals surface area contributed by atoms with E-state index in [1.807, 2.05) is 0 Å². The molecule has 9 heteroatoms. The van der Waals surface area contributed by atoms with Crippen molar-refractivity contribution in [1.29, 1.82) is 0 Å². The summed E-state index contributed by atoms with van der Waals surface area (Å²) in [5.41, 5.74) is 0.433. The third-order valence-corrected chi connectivity index (χ3v) is 5.25. The third kappa shape index (κ3) is 5.16. The Morgan fingerprint density at radius 2 is 1.28 bits per heavy atom. The molecule has 1 heterocycles. The van der Waals surface area contributed by atoms with Crippen LogP contribution in [0.2, 0.25) is 0 Å². The number of piperazine rings is 1. The average molecular weight is 444 g/mol. The highest BCUT2D eigenvalue weighted by Gasteiger charge is 2.26. The van der Waals surface area contributed by atoms with Crippen molar-refractivity contribution in [2.45, 2.75) is 0 Å². The fourth-order valence-electron chi connectivity index (χ4n) is 3.45. The topological polar surface area (TPSA) is 86.8 Å². The highest BCUT2D eigenvalue weighted by molar-refractivity contribution is 5.96. The zero-order chi connectivity index (χ0) is 23.1. The summed E-state index contributed by atoms with van der Waals surface area (Å²) >= 11 is 0. The highest BCUT2D eigenvalue weighted by atomic mass is 16.5. The molecule has 1 aliphatic rings. The Morgan fingerprint density at radius 3 is 1.78 bits per heavy atom. The Kier molecular flexibility index (Phi) is 7.64. The molecule has 0 bridgehead atoms. The van der Waals surface area contributed by atoms with Gasteiger partial charge in [-0.1, -0.05) is 0 Å². The summed E-state index contributed by atoms with van der Waals surface area (Å²) in [6, 6.07) is 10.3. The van der Waals surface area contributed by atoms with Gasteiger partial charge in [0, 0.05) is 31.7 Å². The van der Waals surface area contributed by atoms with Gasteiger partial charge in [0.25, 0.3) is 11.8 Å². The number of hydrogen-bond acceptors (Lipinski definition) is 7. The van der Waals surface area contributed by atoms with Crippen LogP contribution in [0, 0.1) is 0 Å². The molecule has 0 spiro atoms. The molecule has 9 nitrogen and oxygen atoms in total. The fraction of sp³-hybridized carbons (Fsp3) is 0.391. The maximum atomic E-state index is 13.0. The molecule has 172 valence electrons. The van der Waals surface area contributed by atoms with E-state index in [0.717, 1.165) is 5.75 Å². The van der Waals surface area contributed by atoms with Crippen LogP contribution in [0.4, 0.5) is 0 Å². The van der Waals surface area contributed by atoms with Gasteiger partial charge in [0.15, 0.2) is 18.1 Å². The van der Waals surface area contributed by atoms with E-state index in [2.05, 4.69) is 0 Å². The molecule has 0 aliphatic carbocycles. The molecule has 0 radical (unpaired) electrons. The van der Waals surface area contributed by atoms with Crippen LogP contribution >= 0.6 is 0 Å². The molecule has 0 saturated carbocycles. The number of amides is 2. The maximum Gasteiger partial charge on any atom is 0.260 e. The van der Waals surface area contributed by atoms with Gasteiger partial charge in [-0.05, 0) is 36.4 Å². The second-order valence-corrected chi connectivity index (χ2v) is 7.05. The molecule has 1 saturated heterocycles. The van der Waals surface area contributed by atoms with Gasteiger partial charge in [-0.3, -0.25) is 9.59 Å². The van der Waals surface area contributed by atoms with Crippen molar-refractivity contribution in [3.05, 3.63) is 42.0 Å². The van der Waals surface area contributed by atoms with Crippen molar-refractivity contribution in [3.8, 4) is 28.7 Å². The lowest BCUT2D eigenvalue weighted by atomic mass is 10.1. The summed E-state index contributed by atoms with van der Waals surface area (Å²) in [5, 5.41) is 0. The van der Waals surface area contributed by atoms with Crippen LogP contribution in [0.15, 0.2) is 36.4 Å². The lowest BCUT2D eigenvalue weighted by molar-refractivity contribution is -0.134. The molecule has 2 amide bonds. The Labute approximate surface area is 187 Å². The second-order valence-electron chi connectivity index (χ2n) is 7.05. The van der Waals surface area contributed by atoms with E-state index in [-0.39, 0.29) is 18.4 Å². The van der Waals surface area contributed by atoms with E-state index in [4.69, 9.17) is 23.7 Å². The molecule has 2 aromatic carbocycles. The van der Waals surface area contributed by atoms with E-state index < -0.39 is 0 Å². The van der Waals surface area contributed by atoms with E-state index in [9.17, 15) is 9.59 Å². The second kappa shape index (κ2) is 10.6. The predicted molar refractivity (Wildman–Crippen MR) is 117 cm³/mol. The normalized spacial score (nSPS) is 13.4. The van der Waals surface area contributed by atoms with Gasteiger partial charge >= 0.3 is 0 Å². The van der Waals surface area contributed by atoms with Gasteiger partial charge < -0.3 is 33.5 Å². The monoisotopic (exact) mass is 444 g/mol. The molecule has 32 heavy (non-hydrogen) atoms. The van der Waals surface area contributed by atoms with Crippen molar-refractivity contribution in [1.82, 2.24) is 9.80 Å². The fourth-order valence-corrected chi connectivity index (χ4v) is 3.45. The van der Waals surface area contributed by atoms with Crippen LogP contribution in [0.25, 0.3) is 0 Å². The molecule has 1 aliphatic heterocycles. The van der Waals surface area contributed by atoms with E-state index >= 15 is 0 Å². The zero-order valence-electron chi connectivity index (χ0n) is 18.8. The lowest BCUT2D eigenvalue weighted by Crippen LogP contribution is -2.51. The number of carbonyl (C=O) groups excluding carboxylic acids is 2. The summed E-state index contributed by atoms with van der Waals surface area (Å²) in [7, 11) is 6.11. The summed E-state index contributed by atoms with van der Waals surface area (Å²) in [6.07, 6.45) is 0. The van der Waals surface area contributed by atoms with Gasteiger partial charge in [0.2, 0.25) is 5.75 Å².